The molecule has 0 spiro atoms. The number of carbonyl (C=O) groups excluding carboxylic acids is 2. The Morgan fingerprint density at radius 2 is 1.93 bits per heavy atom. The van der Waals surface area contributed by atoms with Crippen LogP contribution in [0.3, 0.4) is 0 Å². The zero-order valence-corrected chi connectivity index (χ0v) is 17.7. The first-order chi connectivity index (χ1) is 13.4. The van der Waals surface area contributed by atoms with E-state index in [4.69, 9.17) is 0 Å². The van der Waals surface area contributed by atoms with Crippen LogP contribution in [0, 0.1) is 0 Å². The number of nitrogens with one attached hydrogen (secondary N) is 1. The van der Waals surface area contributed by atoms with E-state index in [1.165, 1.54) is 4.70 Å². The average molecular weight is 404 g/mol. The summed E-state index contributed by atoms with van der Waals surface area (Å²) >= 11 is 1.68. The molecule has 3 rings (SSSR count). The van der Waals surface area contributed by atoms with Crippen LogP contribution in [-0.2, 0) is 16.1 Å². The summed E-state index contributed by atoms with van der Waals surface area (Å²) in [4.78, 5) is 35.1. The monoisotopic (exact) mass is 403 g/mol. The number of likely N-dealkylation sites (N-methyl/N-ethyl adjacent to an activating group) is 1. The van der Waals surface area contributed by atoms with Crippen molar-refractivity contribution in [2.75, 3.05) is 46.3 Å². The number of aromatic nitrogens is 1. The molecular weight excluding hydrogens is 374 g/mol. The van der Waals surface area contributed by atoms with E-state index < -0.39 is 0 Å². The Kier molecular flexibility index (Phi) is 6.98. The molecule has 1 aromatic carbocycles. The van der Waals surface area contributed by atoms with Crippen molar-refractivity contribution in [3.05, 3.63) is 29.3 Å². The Bertz CT molecular complexity index is 781. The number of amides is 2. The van der Waals surface area contributed by atoms with E-state index in [1.54, 1.807) is 11.3 Å². The molecule has 1 N–H and O–H groups in total. The number of benzene rings is 1. The molecular formula is C20H29N5O2S. The maximum atomic E-state index is 12.6. The number of rotatable bonds is 7. The van der Waals surface area contributed by atoms with Gasteiger partial charge in [-0.05, 0) is 33.0 Å². The first-order valence-electron chi connectivity index (χ1n) is 9.73. The van der Waals surface area contributed by atoms with Crippen LogP contribution in [0.25, 0.3) is 10.2 Å². The Morgan fingerprint density at radius 3 is 2.61 bits per heavy atom. The van der Waals surface area contributed by atoms with Gasteiger partial charge in [0.05, 0.1) is 29.9 Å². The smallest absolute Gasteiger partial charge is 0.236 e. The van der Waals surface area contributed by atoms with Gasteiger partial charge in [0.25, 0.3) is 0 Å². The van der Waals surface area contributed by atoms with Crippen LogP contribution >= 0.6 is 11.3 Å². The Labute approximate surface area is 170 Å². The van der Waals surface area contributed by atoms with Crippen molar-refractivity contribution >= 4 is 33.4 Å². The average Bonchev–Trinajstić information content (AvgIpc) is 3.03. The zero-order chi connectivity index (χ0) is 20.1. The standard InChI is InChI=1S/C20H29N5O2S/c1-15(2)21-18(26)12-24-8-10-25(11-9-24)20(27)14-23(3)13-19-22-16-6-4-5-7-17(16)28-19/h4-7,15H,8-14H2,1-3H3,(H,21,26). The summed E-state index contributed by atoms with van der Waals surface area (Å²) in [6.45, 7) is 8.17. The van der Waals surface area contributed by atoms with Gasteiger partial charge in [0.1, 0.15) is 5.01 Å². The Hall–Kier alpha value is -2.03. The fourth-order valence-corrected chi connectivity index (χ4v) is 4.38. The highest BCUT2D eigenvalue weighted by atomic mass is 32.1. The number of thiazole rings is 1. The summed E-state index contributed by atoms with van der Waals surface area (Å²) in [5.74, 6) is 0.181. The molecule has 1 aromatic heterocycles. The molecule has 0 unspecified atom stereocenters. The molecule has 2 heterocycles. The van der Waals surface area contributed by atoms with Crippen LogP contribution in [0.15, 0.2) is 24.3 Å². The van der Waals surface area contributed by atoms with E-state index in [0.29, 0.717) is 32.7 Å². The van der Waals surface area contributed by atoms with Crippen molar-refractivity contribution in [1.82, 2.24) is 25.0 Å². The number of hydrogen-bond acceptors (Lipinski definition) is 6. The normalized spacial score (nSPS) is 15.5. The first kappa shape index (κ1) is 20.7. The summed E-state index contributed by atoms with van der Waals surface area (Å²) in [5.41, 5.74) is 1.01. The van der Waals surface area contributed by atoms with E-state index in [2.05, 4.69) is 21.3 Å². The Balaban J connectivity index is 1.43. The van der Waals surface area contributed by atoms with Crippen LogP contribution in [-0.4, -0.2) is 83.9 Å². The molecule has 1 aliphatic rings. The van der Waals surface area contributed by atoms with Crippen molar-refractivity contribution in [2.24, 2.45) is 0 Å². The van der Waals surface area contributed by atoms with Crippen LogP contribution in [0.1, 0.15) is 18.9 Å². The van der Waals surface area contributed by atoms with Gasteiger partial charge in [-0.3, -0.25) is 19.4 Å². The van der Waals surface area contributed by atoms with E-state index in [9.17, 15) is 9.59 Å². The molecule has 0 bridgehead atoms. The second-order valence-corrected chi connectivity index (χ2v) is 8.74. The minimum atomic E-state index is 0.0466. The highest BCUT2D eigenvalue weighted by Gasteiger charge is 2.23. The SMILES string of the molecule is CC(C)NC(=O)CN1CCN(C(=O)CN(C)Cc2nc3ccccc3s2)CC1. The molecule has 0 saturated carbocycles. The predicted molar refractivity (Wildman–Crippen MR) is 112 cm³/mol. The number of fused-ring (bicyclic) bond motifs is 1. The van der Waals surface area contributed by atoms with E-state index in [1.807, 2.05) is 48.9 Å². The predicted octanol–water partition coefficient (Wildman–Crippen LogP) is 1.40. The van der Waals surface area contributed by atoms with Crippen molar-refractivity contribution in [2.45, 2.75) is 26.4 Å². The van der Waals surface area contributed by atoms with Gasteiger partial charge in [0.2, 0.25) is 11.8 Å². The van der Waals surface area contributed by atoms with Crippen LogP contribution in [0.4, 0.5) is 0 Å². The molecule has 2 amide bonds. The summed E-state index contributed by atoms with van der Waals surface area (Å²) in [7, 11) is 1.95. The highest BCUT2D eigenvalue weighted by Crippen LogP contribution is 2.22. The fourth-order valence-electron chi connectivity index (χ4n) is 3.33. The topological polar surface area (TPSA) is 68.8 Å². The molecule has 2 aromatic rings. The van der Waals surface area contributed by atoms with Crippen molar-refractivity contribution in [3.63, 3.8) is 0 Å². The highest BCUT2D eigenvalue weighted by molar-refractivity contribution is 7.18. The second kappa shape index (κ2) is 9.45. The Morgan fingerprint density at radius 1 is 1.21 bits per heavy atom. The van der Waals surface area contributed by atoms with Gasteiger partial charge in [0, 0.05) is 32.2 Å². The number of para-hydroxylation sites is 1. The van der Waals surface area contributed by atoms with Crippen LogP contribution in [0.2, 0.25) is 0 Å². The largest absolute Gasteiger partial charge is 0.353 e. The summed E-state index contributed by atoms with van der Waals surface area (Å²) in [6, 6.07) is 8.25. The lowest BCUT2D eigenvalue weighted by molar-refractivity contribution is -0.134. The quantitative estimate of drug-likeness (QED) is 0.757. The zero-order valence-electron chi connectivity index (χ0n) is 16.9. The number of piperazine rings is 1. The van der Waals surface area contributed by atoms with Gasteiger partial charge < -0.3 is 10.2 Å². The number of carbonyl (C=O) groups is 2. The minimum Gasteiger partial charge on any atom is -0.353 e. The van der Waals surface area contributed by atoms with Crippen molar-refractivity contribution in [3.8, 4) is 0 Å². The minimum absolute atomic E-state index is 0.0466. The van der Waals surface area contributed by atoms with Gasteiger partial charge in [0.15, 0.2) is 0 Å². The maximum absolute atomic E-state index is 12.6. The molecule has 1 fully saturated rings. The number of nitrogens with zero attached hydrogens (tertiary/aromatic N) is 4. The van der Waals surface area contributed by atoms with Gasteiger partial charge in [-0.15, -0.1) is 11.3 Å². The van der Waals surface area contributed by atoms with Gasteiger partial charge in [-0.25, -0.2) is 4.98 Å². The van der Waals surface area contributed by atoms with Crippen LogP contribution in [0.5, 0.6) is 0 Å². The molecule has 0 aliphatic carbocycles. The first-order valence-corrected chi connectivity index (χ1v) is 10.5. The number of hydrogen-bond donors (Lipinski definition) is 1. The molecule has 0 radical (unpaired) electrons. The lowest BCUT2D eigenvalue weighted by Gasteiger charge is -2.35. The molecule has 0 atom stereocenters. The van der Waals surface area contributed by atoms with Crippen molar-refractivity contribution in [1.29, 1.82) is 0 Å². The fraction of sp³-hybridized carbons (Fsp3) is 0.550. The third-order valence-electron chi connectivity index (χ3n) is 4.69. The maximum Gasteiger partial charge on any atom is 0.236 e. The van der Waals surface area contributed by atoms with Gasteiger partial charge in [-0.2, -0.15) is 0 Å². The molecule has 1 aliphatic heterocycles. The summed E-state index contributed by atoms with van der Waals surface area (Å²) < 4.78 is 1.18. The molecule has 28 heavy (non-hydrogen) atoms. The summed E-state index contributed by atoms with van der Waals surface area (Å²) in [6.07, 6.45) is 0. The third-order valence-corrected chi connectivity index (χ3v) is 5.71. The summed E-state index contributed by atoms with van der Waals surface area (Å²) in [5, 5.41) is 3.94. The van der Waals surface area contributed by atoms with Crippen molar-refractivity contribution < 1.29 is 9.59 Å². The lowest BCUT2D eigenvalue weighted by atomic mass is 10.3. The van der Waals surface area contributed by atoms with E-state index >= 15 is 0 Å². The van der Waals surface area contributed by atoms with E-state index in [-0.39, 0.29) is 17.9 Å². The molecule has 7 nitrogen and oxygen atoms in total. The van der Waals surface area contributed by atoms with Crippen LogP contribution < -0.4 is 5.32 Å². The second-order valence-electron chi connectivity index (χ2n) is 7.63. The third kappa shape index (κ3) is 5.73. The molecule has 152 valence electrons. The van der Waals surface area contributed by atoms with E-state index in [0.717, 1.165) is 23.6 Å². The molecule has 1 saturated heterocycles. The van der Waals surface area contributed by atoms with Gasteiger partial charge >= 0.3 is 0 Å². The molecule has 8 heteroatoms. The van der Waals surface area contributed by atoms with Gasteiger partial charge in [-0.1, -0.05) is 12.1 Å². The lowest BCUT2D eigenvalue weighted by Crippen LogP contribution is -2.53.